The average molecular weight is 312 g/mol. The second-order valence-electron chi connectivity index (χ2n) is 3.90. The van der Waals surface area contributed by atoms with E-state index in [1.54, 1.807) is 0 Å². The van der Waals surface area contributed by atoms with Gasteiger partial charge in [-0.2, -0.15) is 0 Å². The van der Waals surface area contributed by atoms with Gasteiger partial charge in [0.1, 0.15) is 12.4 Å². The quantitative estimate of drug-likeness (QED) is 0.377. The molecule has 0 radical (unpaired) electrons. The molecule has 0 saturated heterocycles. The summed E-state index contributed by atoms with van der Waals surface area (Å²) in [6, 6.07) is 6.96. The summed E-state index contributed by atoms with van der Waals surface area (Å²) in [6.07, 6.45) is 0. The lowest BCUT2D eigenvalue weighted by molar-refractivity contribution is -0.385. The summed E-state index contributed by atoms with van der Waals surface area (Å²) in [5.41, 5.74) is 1.67. The number of hydrazine groups is 1. The number of halogens is 1. The van der Waals surface area contributed by atoms with Crippen LogP contribution in [0.2, 0.25) is 5.02 Å². The van der Waals surface area contributed by atoms with Gasteiger partial charge in [0, 0.05) is 11.1 Å². The van der Waals surface area contributed by atoms with Crippen LogP contribution < -0.4 is 16.0 Å². The fraction of sp³-hybridized carbons (Fsp3) is 0.0833. The van der Waals surface area contributed by atoms with E-state index in [-0.39, 0.29) is 28.8 Å². The van der Waals surface area contributed by atoms with Crippen molar-refractivity contribution in [3.8, 4) is 5.75 Å². The van der Waals surface area contributed by atoms with Crippen molar-refractivity contribution >= 4 is 23.2 Å². The number of carbonyl (C=O) groups is 1. The number of benzene rings is 1. The van der Waals surface area contributed by atoms with Gasteiger partial charge in [-0.25, -0.2) is 5.84 Å². The Balaban J connectivity index is 2.11. The Hall–Kier alpha value is -2.58. The van der Waals surface area contributed by atoms with Crippen molar-refractivity contribution < 1.29 is 18.9 Å². The molecule has 0 aliphatic carbocycles. The normalized spacial score (nSPS) is 10.2. The van der Waals surface area contributed by atoms with Gasteiger partial charge >= 0.3 is 11.6 Å². The molecule has 0 saturated carbocycles. The summed E-state index contributed by atoms with van der Waals surface area (Å²) in [4.78, 5) is 21.5. The van der Waals surface area contributed by atoms with E-state index >= 15 is 0 Å². The second kappa shape index (κ2) is 6.25. The van der Waals surface area contributed by atoms with Crippen LogP contribution in [0.4, 0.5) is 5.69 Å². The maximum absolute atomic E-state index is 11.2. The van der Waals surface area contributed by atoms with Gasteiger partial charge in [0.15, 0.2) is 11.5 Å². The molecule has 0 atom stereocenters. The van der Waals surface area contributed by atoms with E-state index in [2.05, 4.69) is 0 Å². The van der Waals surface area contributed by atoms with Crippen LogP contribution >= 0.6 is 11.6 Å². The van der Waals surface area contributed by atoms with Crippen LogP contribution in [-0.2, 0) is 6.61 Å². The van der Waals surface area contributed by atoms with Gasteiger partial charge < -0.3 is 9.15 Å². The highest BCUT2D eigenvalue weighted by Crippen LogP contribution is 2.30. The smallest absolute Gasteiger partial charge is 0.312 e. The Labute approximate surface area is 123 Å². The molecule has 110 valence electrons. The van der Waals surface area contributed by atoms with Gasteiger partial charge in [-0.1, -0.05) is 11.6 Å². The Bertz CT molecular complexity index is 685. The minimum atomic E-state index is -0.601. The predicted octanol–water partition coefficient (Wildman–Crippen LogP) is 2.02. The van der Waals surface area contributed by atoms with E-state index in [4.69, 9.17) is 26.6 Å². The summed E-state index contributed by atoms with van der Waals surface area (Å²) in [6.45, 7) is -0.0830. The molecule has 2 aromatic rings. The highest BCUT2D eigenvalue weighted by Gasteiger charge is 2.17. The van der Waals surface area contributed by atoms with Crippen molar-refractivity contribution in [3.63, 3.8) is 0 Å². The first-order chi connectivity index (χ1) is 10.0. The van der Waals surface area contributed by atoms with E-state index in [9.17, 15) is 14.9 Å². The van der Waals surface area contributed by atoms with Gasteiger partial charge in [-0.3, -0.25) is 20.3 Å². The molecule has 1 heterocycles. The third kappa shape index (κ3) is 3.50. The lowest BCUT2D eigenvalue weighted by atomic mass is 10.3. The minimum absolute atomic E-state index is 0.0155. The number of nitrogens with one attached hydrogen (secondary N) is 1. The monoisotopic (exact) mass is 311 g/mol. The van der Waals surface area contributed by atoms with Crippen LogP contribution in [0.15, 0.2) is 34.7 Å². The molecule has 1 aromatic carbocycles. The largest absolute Gasteiger partial charge is 0.479 e. The van der Waals surface area contributed by atoms with Crippen molar-refractivity contribution in [2.75, 3.05) is 0 Å². The molecule has 1 amide bonds. The zero-order valence-corrected chi connectivity index (χ0v) is 11.3. The zero-order valence-electron chi connectivity index (χ0n) is 10.5. The highest BCUT2D eigenvalue weighted by molar-refractivity contribution is 6.30. The molecule has 1 aromatic heterocycles. The van der Waals surface area contributed by atoms with Crippen LogP contribution in [0.3, 0.4) is 0 Å². The molecule has 21 heavy (non-hydrogen) atoms. The van der Waals surface area contributed by atoms with Gasteiger partial charge in [0.05, 0.1) is 4.92 Å². The van der Waals surface area contributed by atoms with Crippen LogP contribution in [0.5, 0.6) is 5.75 Å². The SMILES string of the molecule is NNC(=O)c1ccc(COc2ccc(Cl)cc2[N+](=O)[O-])o1. The molecular weight excluding hydrogens is 302 g/mol. The van der Waals surface area contributed by atoms with Crippen LogP contribution in [0.25, 0.3) is 0 Å². The number of nitrogens with two attached hydrogens (primary N) is 1. The molecule has 8 nitrogen and oxygen atoms in total. The van der Waals surface area contributed by atoms with Gasteiger partial charge in [0.2, 0.25) is 0 Å². The number of nitrogens with zero attached hydrogens (tertiary/aromatic N) is 1. The Morgan fingerprint density at radius 2 is 2.19 bits per heavy atom. The number of nitro benzene ring substituents is 1. The van der Waals surface area contributed by atoms with Crippen molar-refractivity contribution in [2.45, 2.75) is 6.61 Å². The van der Waals surface area contributed by atoms with E-state index in [0.717, 1.165) is 0 Å². The van der Waals surface area contributed by atoms with E-state index in [0.29, 0.717) is 5.76 Å². The molecule has 0 bridgehead atoms. The van der Waals surface area contributed by atoms with Crippen molar-refractivity contribution in [1.29, 1.82) is 0 Å². The lowest BCUT2D eigenvalue weighted by Gasteiger charge is -2.05. The molecule has 0 aliphatic rings. The summed E-state index contributed by atoms with van der Waals surface area (Å²) in [5, 5.41) is 11.1. The number of carbonyl (C=O) groups excluding carboxylic acids is 1. The maximum atomic E-state index is 11.2. The first-order valence-corrected chi connectivity index (χ1v) is 6.05. The molecule has 0 fully saturated rings. The molecule has 0 unspecified atom stereocenters. The van der Waals surface area contributed by atoms with E-state index in [1.165, 1.54) is 30.3 Å². The molecule has 9 heteroatoms. The number of hydrogen-bond donors (Lipinski definition) is 2. The third-order valence-electron chi connectivity index (χ3n) is 2.50. The van der Waals surface area contributed by atoms with E-state index in [1.807, 2.05) is 5.43 Å². The molecular formula is C12H10ClN3O5. The van der Waals surface area contributed by atoms with Gasteiger partial charge in [-0.05, 0) is 24.3 Å². The first kappa shape index (κ1) is 14.8. The number of furan rings is 1. The van der Waals surface area contributed by atoms with Crippen LogP contribution in [0.1, 0.15) is 16.3 Å². The summed E-state index contributed by atoms with van der Waals surface area (Å²) >= 11 is 5.70. The van der Waals surface area contributed by atoms with Gasteiger partial charge in [-0.15, -0.1) is 0 Å². The fourth-order valence-corrected chi connectivity index (χ4v) is 1.72. The summed E-state index contributed by atoms with van der Waals surface area (Å²) in [5.74, 6) is 4.76. The number of nitrogen functional groups attached to an aromatic ring is 1. The summed E-state index contributed by atoms with van der Waals surface area (Å²) in [7, 11) is 0. The second-order valence-corrected chi connectivity index (χ2v) is 4.33. The van der Waals surface area contributed by atoms with Crippen molar-refractivity contribution in [2.24, 2.45) is 5.84 Å². The maximum Gasteiger partial charge on any atom is 0.312 e. The van der Waals surface area contributed by atoms with Crippen LogP contribution in [-0.4, -0.2) is 10.8 Å². The van der Waals surface area contributed by atoms with Crippen molar-refractivity contribution in [1.82, 2.24) is 5.43 Å². The average Bonchev–Trinajstić information content (AvgIpc) is 2.93. The Morgan fingerprint density at radius 3 is 2.86 bits per heavy atom. The topological polar surface area (TPSA) is 121 Å². The number of ether oxygens (including phenoxy) is 1. The highest BCUT2D eigenvalue weighted by atomic mass is 35.5. The third-order valence-corrected chi connectivity index (χ3v) is 2.74. The van der Waals surface area contributed by atoms with Crippen LogP contribution in [0, 0.1) is 10.1 Å². The Kier molecular flexibility index (Phi) is 4.41. The number of hydrogen-bond acceptors (Lipinski definition) is 6. The standard InChI is InChI=1S/C12H10ClN3O5/c13-7-1-3-10(9(5-7)16(18)19)20-6-8-2-4-11(21-8)12(17)15-14/h1-5H,6,14H2,(H,15,17). The van der Waals surface area contributed by atoms with Crippen molar-refractivity contribution in [3.05, 3.63) is 57.0 Å². The minimum Gasteiger partial charge on any atom is -0.479 e. The Morgan fingerprint density at radius 1 is 1.43 bits per heavy atom. The lowest BCUT2D eigenvalue weighted by Crippen LogP contribution is -2.29. The number of amides is 1. The molecule has 2 rings (SSSR count). The molecule has 0 aliphatic heterocycles. The number of nitro groups is 1. The number of rotatable bonds is 5. The molecule has 0 spiro atoms. The zero-order chi connectivity index (χ0) is 15.4. The first-order valence-electron chi connectivity index (χ1n) is 5.67. The summed E-state index contributed by atoms with van der Waals surface area (Å²) < 4.78 is 10.5. The van der Waals surface area contributed by atoms with E-state index < -0.39 is 10.8 Å². The predicted molar refractivity (Wildman–Crippen MR) is 72.8 cm³/mol. The van der Waals surface area contributed by atoms with Gasteiger partial charge in [0.25, 0.3) is 0 Å². The molecule has 3 N–H and O–H groups in total. The fourth-order valence-electron chi connectivity index (χ4n) is 1.55.